The molecule has 1 aromatic carbocycles. The molecule has 0 aromatic heterocycles. The number of nitrogens with zero attached hydrogens (tertiary/aromatic N) is 1. The Morgan fingerprint density at radius 1 is 1.29 bits per heavy atom. The van der Waals surface area contributed by atoms with Crippen molar-refractivity contribution in [2.24, 2.45) is 0 Å². The summed E-state index contributed by atoms with van der Waals surface area (Å²) >= 11 is 0. The summed E-state index contributed by atoms with van der Waals surface area (Å²) in [6, 6.07) is 6.01. The van der Waals surface area contributed by atoms with Crippen molar-refractivity contribution in [3.8, 4) is 0 Å². The summed E-state index contributed by atoms with van der Waals surface area (Å²) in [6.07, 6.45) is 1.95. The van der Waals surface area contributed by atoms with E-state index in [4.69, 9.17) is 0 Å². The number of amides is 1. The van der Waals surface area contributed by atoms with E-state index >= 15 is 0 Å². The molecule has 1 N–H and O–H groups in total. The topological polar surface area (TPSA) is 32.3 Å². The summed E-state index contributed by atoms with van der Waals surface area (Å²) in [5.41, 5.74) is 0.549. The average Bonchev–Trinajstić information content (AvgIpc) is 2.39. The van der Waals surface area contributed by atoms with Crippen molar-refractivity contribution in [1.82, 2.24) is 10.2 Å². The van der Waals surface area contributed by atoms with E-state index in [1.165, 1.54) is 24.3 Å². The minimum absolute atomic E-state index is 0.0306. The molecule has 1 saturated heterocycles. The number of hydrogen-bond donors (Lipinski definition) is 1. The Balaban J connectivity index is 2.05. The van der Waals surface area contributed by atoms with Crippen molar-refractivity contribution in [3.63, 3.8) is 0 Å². The van der Waals surface area contributed by atoms with Gasteiger partial charge in [-0.05, 0) is 50.2 Å². The van der Waals surface area contributed by atoms with Crippen LogP contribution in [-0.2, 0) is 0 Å². The number of carbonyl (C=O) groups is 1. The van der Waals surface area contributed by atoms with Crippen LogP contribution in [0.1, 0.15) is 23.2 Å². The monoisotopic (exact) mass is 236 g/mol. The van der Waals surface area contributed by atoms with Gasteiger partial charge in [-0.2, -0.15) is 0 Å². The Hall–Kier alpha value is -1.42. The minimum Gasteiger partial charge on any atom is -0.339 e. The molecule has 0 radical (unpaired) electrons. The van der Waals surface area contributed by atoms with E-state index in [0.717, 1.165) is 25.9 Å². The zero-order chi connectivity index (χ0) is 12.3. The molecule has 1 aliphatic heterocycles. The smallest absolute Gasteiger partial charge is 0.253 e. The Morgan fingerprint density at radius 2 is 1.88 bits per heavy atom. The molecule has 0 saturated carbocycles. The van der Waals surface area contributed by atoms with Crippen molar-refractivity contribution < 1.29 is 9.18 Å². The first-order chi connectivity index (χ1) is 8.18. The lowest BCUT2D eigenvalue weighted by Crippen LogP contribution is -2.43. The van der Waals surface area contributed by atoms with Crippen LogP contribution in [0.15, 0.2) is 24.3 Å². The molecule has 17 heavy (non-hydrogen) atoms. The summed E-state index contributed by atoms with van der Waals surface area (Å²) in [6.45, 7) is 1.90. The third-order valence-electron chi connectivity index (χ3n) is 3.27. The summed E-state index contributed by atoms with van der Waals surface area (Å²) in [5, 5.41) is 3.27. The van der Waals surface area contributed by atoms with E-state index in [0.29, 0.717) is 5.56 Å². The maximum absolute atomic E-state index is 12.8. The number of carbonyl (C=O) groups excluding carboxylic acids is 1. The normalized spacial score (nSPS) is 16.8. The molecule has 1 fully saturated rings. The average molecular weight is 236 g/mol. The molecule has 1 amide bonds. The van der Waals surface area contributed by atoms with Crippen molar-refractivity contribution in [2.45, 2.75) is 18.9 Å². The summed E-state index contributed by atoms with van der Waals surface area (Å²) in [4.78, 5) is 13.9. The standard InChI is InChI=1S/C13H17FN2O/c1-16(12-6-8-15-9-7-12)13(17)10-2-4-11(14)5-3-10/h2-5,12,15H,6-9H2,1H3. The molecule has 92 valence electrons. The van der Waals surface area contributed by atoms with Gasteiger partial charge in [-0.1, -0.05) is 0 Å². The van der Waals surface area contributed by atoms with Crippen LogP contribution in [0.4, 0.5) is 4.39 Å². The SMILES string of the molecule is CN(C(=O)c1ccc(F)cc1)C1CCNCC1. The van der Waals surface area contributed by atoms with Crippen molar-refractivity contribution in [3.05, 3.63) is 35.6 Å². The van der Waals surface area contributed by atoms with E-state index in [9.17, 15) is 9.18 Å². The van der Waals surface area contributed by atoms with E-state index < -0.39 is 0 Å². The number of hydrogen-bond acceptors (Lipinski definition) is 2. The quantitative estimate of drug-likeness (QED) is 0.846. The largest absolute Gasteiger partial charge is 0.339 e. The Morgan fingerprint density at radius 3 is 2.47 bits per heavy atom. The van der Waals surface area contributed by atoms with Gasteiger partial charge in [0.15, 0.2) is 0 Å². The fourth-order valence-corrected chi connectivity index (χ4v) is 2.16. The van der Waals surface area contributed by atoms with Gasteiger partial charge in [-0.15, -0.1) is 0 Å². The molecule has 1 aliphatic rings. The maximum atomic E-state index is 12.8. The van der Waals surface area contributed by atoms with Crippen molar-refractivity contribution >= 4 is 5.91 Å². The highest BCUT2D eigenvalue weighted by Crippen LogP contribution is 2.14. The van der Waals surface area contributed by atoms with Crippen molar-refractivity contribution in [1.29, 1.82) is 0 Å². The molecule has 1 aromatic rings. The first-order valence-electron chi connectivity index (χ1n) is 5.92. The lowest BCUT2D eigenvalue weighted by Gasteiger charge is -2.31. The lowest BCUT2D eigenvalue weighted by molar-refractivity contribution is 0.0703. The van der Waals surface area contributed by atoms with E-state index in [1.54, 1.807) is 4.90 Å². The van der Waals surface area contributed by atoms with Crippen LogP contribution >= 0.6 is 0 Å². The predicted octanol–water partition coefficient (Wildman–Crippen LogP) is 1.65. The predicted molar refractivity (Wildman–Crippen MR) is 64.4 cm³/mol. The van der Waals surface area contributed by atoms with Gasteiger partial charge in [-0.25, -0.2) is 4.39 Å². The van der Waals surface area contributed by atoms with Gasteiger partial charge < -0.3 is 10.2 Å². The Bertz CT molecular complexity index is 385. The number of piperidine rings is 1. The van der Waals surface area contributed by atoms with Gasteiger partial charge in [0.05, 0.1) is 0 Å². The first kappa shape index (κ1) is 12.0. The van der Waals surface area contributed by atoms with Crippen molar-refractivity contribution in [2.75, 3.05) is 20.1 Å². The number of benzene rings is 1. The highest BCUT2D eigenvalue weighted by atomic mass is 19.1. The second-order valence-corrected chi connectivity index (χ2v) is 4.40. The first-order valence-corrected chi connectivity index (χ1v) is 5.92. The molecule has 0 unspecified atom stereocenters. The van der Waals surface area contributed by atoms with E-state index in [-0.39, 0.29) is 17.8 Å². The van der Waals surface area contributed by atoms with Gasteiger partial charge in [0.1, 0.15) is 5.82 Å². The Kier molecular flexibility index (Phi) is 3.74. The Labute approximate surface area is 101 Å². The van der Waals surface area contributed by atoms with Crippen LogP contribution < -0.4 is 5.32 Å². The molecule has 0 spiro atoms. The highest BCUT2D eigenvalue weighted by molar-refractivity contribution is 5.94. The zero-order valence-corrected chi connectivity index (χ0v) is 9.95. The van der Waals surface area contributed by atoms with Gasteiger partial charge >= 0.3 is 0 Å². The maximum Gasteiger partial charge on any atom is 0.253 e. The van der Waals surface area contributed by atoms with Gasteiger partial charge in [0.2, 0.25) is 0 Å². The molecular weight excluding hydrogens is 219 g/mol. The molecule has 0 bridgehead atoms. The third kappa shape index (κ3) is 2.82. The number of nitrogens with one attached hydrogen (secondary N) is 1. The second kappa shape index (κ2) is 5.27. The fraction of sp³-hybridized carbons (Fsp3) is 0.462. The summed E-state index contributed by atoms with van der Waals surface area (Å²) in [7, 11) is 1.82. The number of halogens is 1. The summed E-state index contributed by atoms with van der Waals surface area (Å²) in [5.74, 6) is -0.344. The fourth-order valence-electron chi connectivity index (χ4n) is 2.16. The molecule has 0 aliphatic carbocycles. The van der Waals surface area contributed by atoms with Crippen LogP contribution in [0, 0.1) is 5.82 Å². The van der Waals surface area contributed by atoms with Gasteiger partial charge in [0.25, 0.3) is 5.91 Å². The van der Waals surface area contributed by atoms with Crippen LogP contribution in [-0.4, -0.2) is 37.0 Å². The molecule has 2 rings (SSSR count). The van der Waals surface area contributed by atoms with Gasteiger partial charge in [0, 0.05) is 18.7 Å². The highest BCUT2D eigenvalue weighted by Gasteiger charge is 2.22. The zero-order valence-electron chi connectivity index (χ0n) is 9.95. The lowest BCUT2D eigenvalue weighted by atomic mass is 10.0. The molecular formula is C13H17FN2O. The van der Waals surface area contributed by atoms with Crippen LogP contribution in [0.5, 0.6) is 0 Å². The summed E-state index contributed by atoms with van der Waals surface area (Å²) < 4.78 is 12.8. The van der Waals surface area contributed by atoms with Gasteiger partial charge in [-0.3, -0.25) is 4.79 Å². The molecule has 4 heteroatoms. The van der Waals surface area contributed by atoms with Crippen LogP contribution in [0.2, 0.25) is 0 Å². The van der Waals surface area contributed by atoms with Crippen LogP contribution in [0.25, 0.3) is 0 Å². The van der Waals surface area contributed by atoms with E-state index in [2.05, 4.69) is 5.32 Å². The molecule has 1 heterocycles. The van der Waals surface area contributed by atoms with E-state index in [1.807, 2.05) is 7.05 Å². The molecule has 3 nitrogen and oxygen atoms in total. The van der Waals surface area contributed by atoms with Crippen LogP contribution in [0.3, 0.4) is 0 Å². The second-order valence-electron chi connectivity index (χ2n) is 4.40. The third-order valence-corrected chi connectivity index (χ3v) is 3.27. The minimum atomic E-state index is -0.314. The molecule has 0 atom stereocenters. The number of rotatable bonds is 2.